The molecule has 0 aliphatic carbocycles. The van der Waals surface area contributed by atoms with Crippen LogP contribution in [0.2, 0.25) is 0 Å². The van der Waals surface area contributed by atoms with Gasteiger partial charge >= 0.3 is 0 Å². The van der Waals surface area contributed by atoms with E-state index in [-0.39, 0.29) is 18.1 Å². The Bertz CT molecular complexity index is 1200. The Kier molecular flexibility index (Phi) is 5.48. The molecular weight excluding hydrogens is 400 g/mol. The number of nitro groups is 1. The minimum Gasteiger partial charge on any atom is -0.497 e. The van der Waals surface area contributed by atoms with Crippen LogP contribution in [-0.4, -0.2) is 27.7 Å². The number of non-ortho nitro benzene ring substituents is 1. The lowest BCUT2D eigenvalue weighted by atomic mass is 10.1. The fraction of sp³-hybridized carbons (Fsp3) is 0.0909. The zero-order valence-electron chi connectivity index (χ0n) is 16.5. The number of nitrogens with one attached hydrogen (secondary N) is 1. The summed E-state index contributed by atoms with van der Waals surface area (Å²) in [5.41, 5.74) is 2.11. The average molecular weight is 418 g/mol. The van der Waals surface area contributed by atoms with E-state index >= 15 is 0 Å². The average Bonchev–Trinajstić information content (AvgIpc) is 3.48. The highest BCUT2D eigenvalue weighted by Crippen LogP contribution is 2.25. The second-order valence-electron chi connectivity index (χ2n) is 6.59. The van der Waals surface area contributed by atoms with Gasteiger partial charge in [0.2, 0.25) is 0 Å². The van der Waals surface area contributed by atoms with Gasteiger partial charge in [-0.05, 0) is 54.6 Å². The van der Waals surface area contributed by atoms with E-state index in [1.54, 1.807) is 61.7 Å². The number of aromatic nitrogens is 2. The number of methoxy groups -OCH3 is 1. The summed E-state index contributed by atoms with van der Waals surface area (Å²) in [6.45, 7) is 0.229. The molecule has 0 saturated carbocycles. The molecule has 31 heavy (non-hydrogen) atoms. The van der Waals surface area contributed by atoms with E-state index in [9.17, 15) is 14.9 Å². The molecule has 0 spiro atoms. The van der Waals surface area contributed by atoms with E-state index in [0.717, 1.165) is 0 Å². The van der Waals surface area contributed by atoms with Crippen molar-refractivity contribution < 1.29 is 18.9 Å². The second kappa shape index (κ2) is 8.54. The number of nitro benzene ring substituents is 1. The van der Waals surface area contributed by atoms with Gasteiger partial charge in [-0.15, -0.1) is 0 Å². The van der Waals surface area contributed by atoms with Gasteiger partial charge in [0.05, 0.1) is 36.2 Å². The van der Waals surface area contributed by atoms with E-state index in [0.29, 0.717) is 34.1 Å². The number of carbonyl (C=O) groups is 1. The van der Waals surface area contributed by atoms with Crippen molar-refractivity contribution in [2.75, 3.05) is 7.11 Å². The lowest BCUT2D eigenvalue weighted by molar-refractivity contribution is -0.384. The third-order valence-electron chi connectivity index (χ3n) is 4.64. The Morgan fingerprint density at radius 3 is 2.52 bits per heavy atom. The van der Waals surface area contributed by atoms with Crippen molar-refractivity contribution in [3.05, 3.63) is 94.6 Å². The molecule has 0 atom stereocenters. The molecule has 2 aromatic heterocycles. The number of hydrogen-bond donors (Lipinski definition) is 1. The molecule has 1 amide bonds. The molecule has 0 aliphatic heterocycles. The van der Waals surface area contributed by atoms with Crippen LogP contribution in [0.15, 0.2) is 77.4 Å². The maximum Gasteiger partial charge on any atom is 0.270 e. The topological polar surface area (TPSA) is 112 Å². The molecule has 4 rings (SSSR count). The first kappa shape index (κ1) is 19.9. The predicted molar refractivity (Wildman–Crippen MR) is 112 cm³/mol. The number of rotatable bonds is 7. The highest BCUT2D eigenvalue weighted by atomic mass is 16.6. The third kappa shape index (κ3) is 4.30. The molecule has 0 fully saturated rings. The standard InChI is InChI=1S/C22H18N4O5/c1-30-18-10-8-16(9-11-18)25-21(22(27)23-14-19-3-2-12-31-19)13-20(24-25)15-4-6-17(7-5-15)26(28)29/h2-13H,14H2,1H3,(H,23,27). The number of amides is 1. The summed E-state index contributed by atoms with van der Waals surface area (Å²) < 4.78 is 12.0. The molecule has 0 radical (unpaired) electrons. The Balaban J connectivity index is 1.69. The summed E-state index contributed by atoms with van der Waals surface area (Å²) in [6, 6.07) is 18.3. The molecule has 9 heteroatoms. The third-order valence-corrected chi connectivity index (χ3v) is 4.64. The molecule has 4 aromatic rings. The van der Waals surface area contributed by atoms with Crippen molar-refractivity contribution in [3.63, 3.8) is 0 Å². The maximum absolute atomic E-state index is 12.9. The van der Waals surface area contributed by atoms with Gasteiger partial charge < -0.3 is 14.5 Å². The molecule has 9 nitrogen and oxygen atoms in total. The molecule has 0 bridgehead atoms. The smallest absolute Gasteiger partial charge is 0.270 e. The van der Waals surface area contributed by atoms with E-state index in [2.05, 4.69) is 10.4 Å². The quantitative estimate of drug-likeness (QED) is 0.359. The number of hydrogen-bond acceptors (Lipinski definition) is 6. The van der Waals surface area contributed by atoms with Crippen LogP contribution >= 0.6 is 0 Å². The first-order valence-corrected chi connectivity index (χ1v) is 9.35. The van der Waals surface area contributed by atoms with Crippen molar-refractivity contribution in [2.24, 2.45) is 0 Å². The number of furan rings is 1. The van der Waals surface area contributed by atoms with Gasteiger partial charge in [-0.2, -0.15) is 5.10 Å². The first-order chi connectivity index (χ1) is 15.0. The van der Waals surface area contributed by atoms with Crippen molar-refractivity contribution in [1.29, 1.82) is 0 Å². The fourth-order valence-corrected chi connectivity index (χ4v) is 3.03. The van der Waals surface area contributed by atoms with Crippen LogP contribution in [-0.2, 0) is 6.54 Å². The highest BCUT2D eigenvalue weighted by molar-refractivity contribution is 5.94. The van der Waals surface area contributed by atoms with Gasteiger partial charge in [-0.25, -0.2) is 4.68 Å². The summed E-state index contributed by atoms with van der Waals surface area (Å²) in [7, 11) is 1.57. The highest BCUT2D eigenvalue weighted by Gasteiger charge is 2.18. The van der Waals surface area contributed by atoms with E-state index in [1.165, 1.54) is 23.1 Å². The fourth-order valence-electron chi connectivity index (χ4n) is 3.03. The molecule has 156 valence electrons. The van der Waals surface area contributed by atoms with Gasteiger partial charge in [0.1, 0.15) is 17.2 Å². The monoisotopic (exact) mass is 418 g/mol. The van der Waals surface area contributed by atoms with Gasteiger partial charge in [0, 0.05) is 17.7 Å². The summed E-state index contributed by atoms with van der Waals surface area (Å²) >= 11 is 0. The predicted octanol–water partition coefficient (Wildman–Crippen LogP) is 3.98. The minimum absolute atomic E-state index is 0.0187. The van der Waals surface area contributed by atoms with Crippen LogP contribution in [0.1, 0.15) is 16.2 Å². The summed E-state index contributed by atoms with van der Waals surface area (Å²) in [6.07, 6.45) is 1.54. The van der Waals surface area contributed by atoms with Gasteiger partial charge in [0.25, 0.3) is 11.6 Å². The minimum atomic E-state index is -0.465. The molecule has 2 heterocycles. The zero-order chi connectivity index (χ0) is 21.8. The van der Waals surface area contributed by atoms with E-state index in [4.69, 9.17) is 9.15 Å². The van der Waals surface area contributed by atoms with Crippen LogP contribution in [0.25, 0.3) is 16.9 Å². The normalized spacial score (nSPS) is 10.6. The molecule has 1 N–H and O–H groups in total. The second-order valence-corrected chi connectivity index (χ2v) is 6.59. The molecular formula is C22H18N4O5. The van der Waals surface area contributed by atoms with Crippen LogP contribution in [0.5, 0.6) is 5.75 Å². The summed E-state index contributed by atoms with van der Waals surface area (Å²) in [4.78, 5) is 23.4. The summed E-state index contributed by atoms with van der Waals surface area (Å²) in [5, 5.41) is 18.3. The first-order valence-electron chi connectivity index (χ1n) is 9.35. The summed E-state index contributed by atoms with van der Waals surface area (Å²) in [5.74, 6) is 0.961. The van der Waals surface area contributed by atoms with Crippen LogP contribution in [0.4, 0.5) is 5.69 Å². The number of ether oxygens (including phenoxy) is 1. The Hall–Kier alpha value is -4.40. The molecule has 2 aromatic carbocycles. The van der Waals surface area contributed by atoms with E-state index < -0.39 is 4.92 Å². The lowest BCUT2D eigenvalue weighted by Gasteiger charge is -2.08. The number of benzene rings is 2. The van der Waals surface area contributed by atoms with Crippen molar-refractivity contribution in [1.82, 2.24) is 15.1 Å². The largest absolute Gasteiger partial charge is 0.497 e. The van der Waals surface area contributed by atoms with Crippen LogP contribution in [0, 0.1) is 10.1 Å². The van der Waals surface area contributed by atoms with Crippen LogP contribution in [0.3, 0.4) is 0 Å². The molecule has 0 aliphatic rings. The van der Waals surface area contributed by atoms with E-state index in [1.807, 2.05) is 0 Å². The molecule has 0 saturated heterocycles. The Labute approximate surface area is 177 Å². The van der Waals surface area contributed by atoms with Gasteiger partial charge in [-0.3, -0.25) is 14.9 Å². The van der Waals surface area contributed by atoms with Gasteiger partial charge in [0.15, 0.2) is 0 Å². The van der Waals surface area contributed by atoms with Crippen LogP contribution < -0.4 is 10.1 Å². The zero-order valence-corrected chi connectivity index (χ0v) is 16.5. The Morgan fingerprint density at radius 1 is 1.16 bits per heavy atom. The number of carbonyl (C=O) groups excluding carboxylic acids is 1. The van der Waals surface area contributed by atoms with Gasteiger partial charge in [-0.1, -0.05) is 0 Å². The van der Waals surface area contributed by atoms with Crippen molar-refractivity contribution in [3.8, 4) is 22.7 Å². The molecule has 0 unspecified atom stereocenters. The Morgan fingerprint density at radius 2 is 1.90 bits per heavy atom. The lowest BCUT2D eigenvalue weighted by Crippen LogP contribution is -2.25. The maximum atomic E-state index is 12.9. The van der Waals surface area contributed by atoms with Crippen molar-refractivity contribution in [2.45, 2.75) is 6.54 Å². The van der Waals surface area contributed by atoms with Crippen molar-refractivity contribution >= 4 is 11.6 Å². The SMILES string of the molecule is COc1ccc(-n2nc(-c3ccc([N+](=O)[O-])cc3)cc2C(=O)NCc2ccco2)cc1. The number of nitrogens with zero attached hydrogens (tertiary/aromatic N) is 3.